The molecule has 3 rings (SSSR count). The highest BCUT2D eigenvalue weighted by molar-refractivity contribution is 5.87. The number of benzene rings is 2. The predicted molar refractivity (Wildman–Crippen MR) is 66.8 cm³/mol. The summed E-state index contributed by atoms with van der Waals surface area (Å²) in [5, 5.41) is 5.04. The van der Waals surface area contributed by atoms with Gasteiger partial charge in [0, 0.05) is 24.4 Å². The van der Waals surface area contributed by atoms with Crippen LogP contribution in [0.25, 0.3) is 10.8 Å². The minimum Gasteiger partial charge on any atom is -0.315 e. The van der Waals surface area contributed by atoms with E-state index in [2.05, 4.69) is 5.32 Å². The third-order valence-electron chi connectivity index (χ3n) is 3.13. The van der Waals surface area contributed by atoms with Crippen LogP contribution in [0.3, 0.4) is 0 Å². The first-order chi connectivity index (χ1) is 7.36. The Hall–Kier alpha value is -1.12. The topological polar surface area (TPSA) is 12.0 Å². The molecule has 0 atom stereocenters. The Kier molecular flexibility index (Phi) is 3.13. The summed E-state index contributed by atoms with van der Waals surface area (Å²) < 4.78 is 13.5. The highest BCUT2D eigenvalue weighted by atomic mass is 35.5. The minimum absolute atomic E-state index is 0. The molecule has 0 aliphatic carbocycles. The van der Waals surface area contributed by atoms with E-state index in [9.17, 15) is 4.39 Å². The average molecular weight is 238 g/mol. The second kappa shape index (κ2) is 4.40. The Morgan fingerprint density at radius 2 is 1.69 bits per heavy atom. The van der Waals surface area contributed by atoms with E-state index in [-0.39, 0.29) is 18.2 Å². The molecule has 1 aliphatic heterocycles. The Morgan fingerprint density at radius 3 is 2.31 bits per heavy atom. The van der Waals surface area contributed by atoms with Crippen molar-refractivity contribution in [1.29, 1.82) is 0 Å². The highest BCUT2D eigenvalue weighted by Gasteiger charge is 2.21. The van der Waals surface area contributed by atoms with Gasteiger partial charge in [0.05, 0.1) is 0 Å². The minimum atomic E-state index is -0.123. The fourth-order valence-electron chi connectivity index (χ4n) is 2.15. The summed E-state index contributed by atoms with van der Waals surface area (Å²) in [6, 6.07) is 11.2. The van der Waals surface area contributed by atoms with Crippen LogP contribution >= 0.6 is 12.4 Å². The van der Waals surface area contributed by atoms with E-state index in [4.69, 9.17) is 0 Å². The maximum Gasteiger partial charge on any atom is 0.131 e. The quantitative estimate of drug-likeness (QED) is 0.804. The summed E-state index contributed by atoms with van der Waals surface area (Å²) in [5.74, 6) is 0.428. The van der Waals surface area contributed by atoms with Gasteiger partial charge in [-0.3, -0.25) is 0 Å². The molecule has 3 heteroatoms. The zero-order valence-corrected chi connectivity index (χ0v) is 9.56. The Balaban J connectivity index is 0.000000963. The molecule has 2 aromatic rings. The number of fused-ring (bicyclic) bond motifs is 1. The SMILES string of the molecule is Cl.Fc1ccc(C2CNC2)c2ccccc12. The van der Waals surface area contributed by atoms with Crippen LogP contribution in [0.2, 0.25) is 0 Å². The van der Waals surface area contributed by atoms with Crippen molar-refractivity contribution in [3.8, 4) is 0 Å². The molecule has 1 nitrogen and oxygen atoms in total. The normalized spacial score (nSPS) is 15.6. The summed E-state index contributed by atoms with van der Waals surface area (Å²) >= 11 is 0. The Labute approximate surface area is 100 Å². The van der Waals surface area contributed by atoms with Crippen LogP contribution in [0, 0.1) is 5.82 Å². The van der Waals surface area contributed by atoms with Crippen molar-refractivity contribution < 1.29 is 4.39 Å². The van der Waals surface area contributed by atoms with Crippen molar-refractivity contribution in [2.45, 2.75) is 5.92 Å². The summed E-state index contributed by atoms with van der Waals surface area (Å²) in [5.41, 5.74) is 1.27. The van der Waals surface area contributed by atoms with Gasteiger partial charge < -0.3 is 5.32 Å². The van der Waals surface area contributed by atoms with Crippen molar-refractivity contribution in [3.05, 3.63) is 47.8 Å². The van der Waals surface area contributed by atoms with Gasteiger partial charge in [-0.25, -0.2) is 4.39 Å². The van der Waals surface area contributed by atoms with Gasteiger partial charge in [-0.15, -0.1) is 12.4 Å². The molecule has 1 fully saturated rings. The highest BCUT2D eigenvalue weighted by Crippen LogP contribution is 2.29. The van der Waals surface area contributed by atoms with Crippen molar-refractivity contribution in [3.63, 3.8) is 0 Å². The molecule has 0 aromatic heterocycles. The van der Waals surface area contributed by atoms with E-state index in [0.29, 0.717) is 5.92 Å². The van der Waals surface area contributed by atoms with Gasteiger partial charge in [0.1, 0.15) is 5.82 Å². The first-order valence-electron chi connectivity index (χ1n) is 5.24. The largest absolute Gasteiger partial charge is 0.315 e. The third-order valence-corrected chi connectivity index (χ3v) is 3.13. The average Bonchev–Trinajstić information content (AvgIpc) is 2.20. The van der Waals surface area contributed by atoms with E-state index < -0.39 is 0 Å². The van der Waals surface area contributed by atoms with Gasteiger partial charge in [-0.05, 0) is 17.0 Å². The predicted octanol–water partition coefficient (Wildman–Crippen LogP) is 3.09. The lowest BCUT2D eigenvalue weighted by Gasteiger charge is -2.28. The van der Waals surface area contributed by atoms with Crippen LogP contribution in [-0.2, 0) is 0 Å². The van der Waals surface area contributed by atoms with Gasteiger partial charge in [0.25, 0.3) is 0 Å². The zero-order valence-electron chi connectivity index (χ0n) is 8.74. The molecule has 1 saturated heterocycles. The van der Waals surface area contributed by atoms with Crippen molar-refractivity contribution >= 4 is 23.2 Å². The molecule has 0 spiro atoms. The van der Waals surface area contributed by atoms with Crippen LogP contribution < -0.4 is 5.32 Å². The Morgan fingerprint density at radius 1 is 1.00 bits per heavy atom. The maximum absolute atomic E-state index is 13.5. The van der Waals surface area contributed by atoms with E-state index in [1.165, 1.54) is 5.56 Å². The van der Waals surface area contributed by atoms with Gasteiger partial charge >= 0.3 is 0 Å². The van der Waals surface area contributed by atoms with Gasteiger partial charge in [-0.1, -0.05) is 30.3 Å². The molecule has 0 unspecified atom stereocenters. The second-order valence-corrected chi connectivity index (χ2v) is 4.04. The lowest BCUT2D eigenvalue weighted by atomic mass is 9.89. The molecule has 16 heavy (non-hydrogen) atoms. The number of nitrogens with one attached hydrogen (secondary N) is 1. The van der Waals surface area contributed by atoms with Gasteiger partial charge in [0.15, 0.2) is 0 Å². The molecule has 1 aliphatic rings. The van der Waals surface area contributed by atoms with Crippen molar-refractivity contribution in [2.75, 3.05) is 13.1 Å². The van der Waals surface area contributed by atoms with Gasteiger partial charge in [0.2, 0.25) is 0 Å². The van der Waals surface area contributed by atoms with Gasteiger partial charge in [-0.2, -0.15) is 0 Å². The summed E-state index contributed by atoms with van der Waals surface area (Å²) in [6.45, 7) is 2.02. The van der Waals surface area contributed by atoms with E-state index in [1.807, 2.05) is 30.3 Å². The Bertz CT molecular complexity index is 508. The third kappa shape index (κ3) is 1.68. The number of halogens is 2. The summed E-state index contributed by atoms with van der Waals surface area (Å²) in [7, 11) is 0. The van der Waals surface area contributed by atoms with Crippen LogP contribution in [0.4, 0.5) is 4.39 Å². The fraction of sp³-hybridized carbons (Fsp3) is 0.231. The summed E-state index contributed by atoms with van der Waals surface area (Å²) in [6.07, 6.45) is 0. The zero-order chi connectivity index (χ0) is 10.3. The number of hydrogen-bond donors (Lipinski definition) is 1. The number of hydrogen-bond acceptors (Lipinski definition) is 1. The maximum atomic E-state index is 13.5. The van der Waals surface area contributed by atoms with E-state index in [0.717, 1.165) is 23.9 Å². The van der Waals surface area contributed by atoms with Crippen LogP contribution in [0.5, 0.6) is 0 Å². The summed E-state index contributed by atoms with van der Waals surface area (Å²) in [4.78, 5) is 0. The van der Waals surface area contributed by atoms with E-state index in [1.54, 1.807) is 6.07 Å². The van der Waals surface area contributed by atoms with Crippen LogP contribution in [-0.4, -0.2) is 13.1 Å². The van der Waals surface area contributed by atoms with Crippen molar-refractivity contribution in [1.82, 2.24) is 5.32 Å². The first kappa shape index (κ1) is 11.4. The lowest BCUT2D eigenvalue weighted by molar-refractivity contribution is 0.450. The van der Waals surface area contributed by atoms with E-state index >= 15 is 0 Å². The molecule has 1 heterocycles. The molecule has 2 aromatic carbocycles. The molecular formula is C13H13ClFN. The molecular weight excluding hydrogens is 225 g/mol. The first-order valence-corrected chi connectivity index (χ1v) is 5.24. The van der Waals surface area contributed by atoms with Crippen LogP contribution in [0.15, 0.2) is 36.4 Å². The molecule has 0 saturated carbocycles. The standard InChI is InChI=1S/C13H12FN.ClH/c14-13-6-5-10(9-7-15-8-9)11-3-1-2-4-12(11)13;/h1-6,9,15H,7-8H2;1H. The van der Waals surface area contributed by atoms with Crippen molar-refractivity contribution in [2.24, 2.45) is 0 Å². The smallest absolute Gasteiger partial charge is 0.131 e. The molecule has 84 valence electrons. The molecule has 0 amide bonds. The molecule has 0 radical (unpaired) electrons. The van der Waals surface area contributed by atoms with Crippen LogP contribution in [0.1, 0.15) is 11.5 Å². The molecule has 1 N–H and O–H groups in total. The lowest BCUT2D eigenvalue weighted by Crippen LogP contribution is -2.39. The molecule has 0 bridgehead atoms. The fourth-order valence-corrected chi connectivity index (χ4v) is 2.15. The monoisotopic (exact) mass is 237 g/mol. The second-order valence-electron chi connectivity index (χ2n) is 4.04. The number of rotatable bonds is 1.